The molecule has 1 amide bonds. The highest BCUT2D eigenvalue weighted by atomic mass is 19.2. The fraction of sp³-hybridized carbons (Fsp3) is 0.409. The normalized spacial score (nSPS) is 15.5. The van der Waals surface area contributed by atoms with Gasteiger partial charge in [0, 0.05) is 12.1 Å². The Kier molecular flexibility index (Phi) is 6.31. The number of likely N-dealkylation sites (tertiary alicyclic amines) is 1. The number of carbonyl (C=O) groups is 1. The first kappa shape index (κ1) is 23.1. The summed E-state index contributed by atoms with van der Waals surface area (Å²) in [6.07, 6.45) is 0. The maximum atomic E-state index is 14.5. The zero-order chi connectivity index (χ0) is 23.0. The van der Waals surface area contributed by atoms with Gasteiger partial charge in [-0.1, -0.05) is 6.07 Å². The fourth-order valence-corrected chi connectivity index (χ4v) is 3.26. The van der Waals surface area contributed by atoms with E-state index in [1.807, 2.05) is 0 Å². The highest BCUT2D eigenvalue weighted by Crippen LogP contribution is 2.31. The molecule has 1 aliphatic heterocycles. The molecule has 0 atom stereocenters. The number of anilines is 2. The minimum Gasteiger partial charge on any atom is -0.394 e. The van der Waals surface area contributed by atoms with E-state index in [1.165, 1.54) is 17.0 Å². The zero-order valence-corrected chi connectivity index (χ0v) is 17.6. The number of β-amino-alcohol motifs (C(OH)–C–C–N with tert-alkyl or cyclic N) is 1. The number of benzene rings is 2. The number of aryl methyl sites for hydroxylation is 1. The number of amides is 1. The predicted octanol–water partition coefficient (Wildman–Crippen LogP) is 2.70. The monoisotopic (exact) mass is 437 g/mol. The molecular formula is C22H26F3N3O3. The Hall–Kier alpha value is -2.62. The second kappa shape index (κ2) is 8.49. The Balaban J connectivity index is 1.79. The quantitative estimate of drug-likeness (QED) is 0.535. The van der Waals surface area contributed by atoms with Gasteiger partial charge >= 0.3 is 0 Å². The van der Waals surface area contributed by atoms with Gasteiger partial charge in [0.15, 0.2) is 11.6 Å². The van der Waals surface area contributed by atoms with Crippen LogP contribution in [0, 0.1) is 24.4 Å². The molecule has 0 aromatic heterocycles. The van der Waals surface area contributed by atoms with Crippen LogP contribution in [0.5, 0.6) is 0 Å². The lowest BCUT2D eigenvalue weighted by molar-refractivity contribution is -0.0825. The summed E-state index contributed by atoms with van der Waals surface area (Å²) in [5.41, 5.74) is -1.91. The summed E-state index contributed by atoms with van der Waals surface area (Å²) in [7, 11) is 0. The van der Waals surface area contributed by atoms with E-state index >= 15 is 0 Å². The Morgan fingerprint density at radius 1 is 1.16 bits per heavy atom. The molecule has 2 aromatic carbocycles. The number of carbonyl (C=O) groups excluding carboxylic acids is 1. The number of aliphatic hydroxyl groups is 2. The van der Waals surface area contributed by atoms with E-state index in [4.69, 9.17) is 0 Å². The molecule has 31 heavy (non-hydrogen) atoms. The molecule has 0 spiro atoms. The van der Waals surface area contributed by atoms with Crippen LogP contribution in [0.25, 0.3) is 0 Å². The Morgan fingerprint density at radius 3 is 2.45 bits per heavy atom. The summed E-state index contributed by atoms with van der Waals surface area (Å²) < 4.78 is 42.6. The van der Waals surface area contributed by atoms with Crippen LogP contribution >= 0.6 is 0 Å². The van der Waals surface area contributed by atoms with Crippen LogP contribution in [0.1, 0.15) is 29.8 Å². The number of nitrogens with zero attached hydrogens (tertiary/aromatic N) is 1. The van der Waals surface area contributed by atoms with E-state index in [9.17, 15) is 28.2 Å². The van der Waals surface area contributed by atoms with Gasteiger partial charge < -0.3 is 25.7 Å². The van der Waals surface area contributed by atoms with Gasteiger partial charge in [-0.15, -0.1) is 0 Å². The molecule has 3 rings (SSSR count). The minimum absolute atomic E-state index is 0.0301. The van der Waals surface area contributed by atoms with E-state index in [-0.39, 0.29) is 37.5 Å². The highest BCUT2D eigenvalue weighted by Gasteiger charge is 2.45. The van der Waals surface area contributed by atoms with Crippen molar-refractivity contribution in [3.8, 4) is 0 Å². The van der Waals surface area contributed by atoms with Crippen LogP contribution in [0.4, 0.5) is 24.5 Å². The second-order valence-electron chi connectivity index (χ2n) is 8.67. The number of hydrogen-bond donors (Lipinski definition) is 4. The second-order valence-corrected chi connectivity index (χ2v) is 8.67. The van der Waals surface area contributed by atoms with Gasteiger partial charge in [0.2, 0.25) is 0 Å². The third kappa shape index (κ3) is 5.00. The van der Waals surface area contributed by atoms with Crippen molar-refractivity contribution in [2.45, 2.75) is 31.9 Å². The zero-order valence-electron chi connectivity index (χ0n) is 17.6. The molecule has 0 aliphatic carbocycles. The summed E-state index contributed by atoms with van der Waals surface area (Å²) in [4.78, 5) is 14.2. The van der Waals surface area contributed by atoms with Crippen LogP contribution in [-0.2, 0) is 0 Å². The largest absolute Gasteiger partial charge is 0.394 e. The molecule has 168 valence electrons. The highest BCUT2D eigenvalue weighted by molar-refractivity contribution is 6.01. The van der Waals surface area contributed by atoms with Crippen molar-refractivity contribution in [1.82, 2.24) is 10.2 Å². The van der Waals surface area contributed by atoms with Crippen LogP contribution < -0.4 is 10.6 Å². The van der Waals surface area contributed by atoms with Gasteiger partial charge in [0.25, 0.3) is 5.91 Å². The molecule has 0 unspecified atom stereocenters. The molecular weight excluding hydrogens is 411 g/mol. The van der Waals surface area contributed by atoms with Crippen molar-refractivity contribution < 1.29 is 28.2 Å². The minimum atomic E-state index is -1.30. The van der Waals surface area contributed by atoms with Gasteiger partial charge in [-0.3, -0.25) is 4.79 Å². The van der Waals surface area contributed by atoms with Gasteiger partial charge in [0.05, 0.1) is 36.6 Å². The molecule has 1 heterocycles. The van der Waals surface area contributed by atoms with E-state index in [0.29, 0.717) is 5.56 Å². The van der Waals surface area contributed by atoms with E-state index in [1.54, 1.807) is 26.8 Å². The van der Waals surface area contributed by atoms with Crippen molar-refractivity contribution in [2.75, 3.05) is 31.6 Å². The van der Waals surface area contributed by atoms with Crippen molar-refractivity contribution in [2.24, 2.45) is 0 Å². The number of nitrogens with one attached hydrogen (secondary N) is 2. The lowest BCUT2D eigenvalue weighted by Gasteiger charge is -2.47. The molecule has 0 saturated carbocycles. The molecule has 2 aromatic rings. The summed E-state index contributed by atoms with van der Waals surface area (Å²) in [6, 6.07) is 6.16. The predicted molar refractivity (Wildman–Crippen MR) is 111 cm³/mol. The van der Waals surface area contributed by atoms with Crippen LogP contribution in [0.2, 0.25) is 0 Å². The SMILES string of the molecule is Cc1ccc(Nc2c(C(=O)N3CC(O)(CNC(C)(C)CO)C3)ccc(F)c2F)c(F)c1. The molecule has 6 nitrogen and oxygen atoms in total. The molecule has 1 saturated heterocycles. The molecule has 0 bridgehead atoms. The summed E-state index contributed by atoms with van der Waals surface area (Å²) >= 11 is 0. The van der Waals surface area contributed by atoms with Crippen molar-refractivity contribution in [1.29, 1.82) is 0 Å². The van der Waals surface area contributed by atoms with Crippen molar-refractivity contribution in [3.05, 3.63) is 58.9 Å². The molecule has 1 fully saturated rings. The number of halogens is 3. The van der Waals surface area contributed by atoms with Crippen molar-refractivity contribution in [3.63, 3.8) is 0 Å². The van der Waals surface area contributed by atoms with E-state index in [0.717, 1.165) is 12.1 Å². The van der Waals surface area contributed by atoms with Crippen LogP contribution in [-0.4, -0.2) is 58.4 Å². The lowest BCUT2D eigenvalue weighted by Crippen LogP contribution is -2.68. The van der Waals surface area contributed by atoms with Crippen LogP contribution in [0.15, 0.2) is 30.3 Å². The topological polar surface area (TPSA) is 84.8 Å². The van der Waals surface area contributed by atoms with Gasteiger partial charge in [-0.05, 0) is 50.6 Å². The summed E-state index contributed by atoms with van der Waals surface area (Å²) in [5.74, 6) is -3.77. The fourth-order valence-electron chi connectivity index (χ4n) is 3.26. The first-order valence-corrected chi connectivity index (χ1v) is 9.83. The molecule has 0 radical (unpaired) electrons. The average molecular weight is 437 g/mol. The first-order valence-electron chi connectivity index (χ1n) is 9.83. The van der Waals surface area contributed by atoms with Gasteiger partial charge in [-0.2, -0.15) is 0 Å². The Bertz CT molecular complexity index is 991. The maximum absolute atomic E-state index is 14.5. The third-order valence-electron chi connectivity index (χ3n) is 5.26. The smallest absolute Gasteiger partial charge is 0.256 e. The van der Waals surface area contributed by atoms with Gasteiger partial charge in [-0.25, -0.2) is 13.2 Å². The number of rotatable bonds is 7. The van der Waals surface area contributed by atoms with Gasteiger partial charge in [0.1, 0.15) is 11.4 Å². The molecule has 4 N–H and O–H groups in total. The Labute approximate surface area is 178 Å². The Morgan fingerprint density at radius 2 is 1.84 bits per heavy atom. The average Bonchev–Trinajstić information content (AvgIpc) is 2.69. The number of hydrogen-bond acceptors (Lipinski definition) is 5. The first-order chi connectivity index (χ1) is 14.4. The van der Waals surface area contributed by atoms with E-state index in [2.05, 4.69) is 10.6 Å². The number of aliphatic hydroxyl groups excluding tert-OH is 1. The van der Waals surface area contributed by atoms with Crippen molar-refractivity contribution >= 4 is 17.3 Å². The van der Waals surface area contributed by atoms with E-state index < -0.39 is 40.2 Å². The summed E-state index contributed by atoms with van der Waals surface area (Å²) in [6.45, 7) is 5.16. The lowest BCUT2D eigenvalue weighted by atomic mass is 9.91. The standard InChI is InChI=1S/C22H26F3N3O3/c1-13-4-7-17(16(24)8-13)27-19-14(5-6-15(23)18(19)25)20(30)28-10-22(31,11-28)9-26-21(2,3)12-29/h4-8,26-27,29,31H,9-12H2,1-3H3. The third-order valence-corrected chi connectivity index (χ3v) is 5.26. The maximum Gasteiger partial charge on any atom is 0.256 e. The molecule has 1 aliphatic rings. The summed E-state index contributed by atoms with van der Waals surface area (Å²) in [5, 5.41) is 25.4. The molecule has 9 heteroatoms. The van der Waals surface area contributed by atoms with Crippen LogP contribution in [0.3, 0.4) is 0 Å².